The molecule has 116 valence electrons. The van der Waals surface area contributed by atoms with Crippen LogP contribution in [-0.2, 0) is 9.05 Å². The summed E-state index contributed by atoms with van der Waals surface area (Å²) in [5.41, 5.74) is 0.381. The van der Waals surface area contributed by atoms with E-state index in [0.717, 1.165) is 12.8 Å². The Hall–Kier alpha value is -0.790. The summed E-state index contributed by atoms with van der Waals surface area (Å²) in [6, 6.07) is 2.73. The molecule has 0 heterocycles. The molecule has 1 fully saturated rings. The minimum atomic E-state index is -4.02. The number of hydrogen-bond acceptors (Lipinski definition) is 4. The molecular formula is C13H15BrClNO4S. The molecule has 1 aliphatic carbocycles. The molecule has 0 bridgehead atoms. The van der Waals surface area contributed by atoms with Crippen molar-refractivity contribution in [2.24, 2.45) is 5.41 Å². The molecule has 0 spiro atoms. The van der Waals surface area contributed by atoms with Gasteiger partial charge in [-0.2, -0.15) is 0 Å². The van der Waals surface area contributed by atoms with Crippen LogP contribution in [0, 0.1) is 5.41 Å². The van der Waals surface area contributed by atoms with Crippen LogP contribution in [0.3, 0.4) is 0 Å². The van der Waals surface area contributed by atoms with E-state index < -0.39 is 9.05 Å². The van der Waals surface area contributed by atoms with Gasteiger partial charge in [-0.15, -0.1) is 0 Å². The van der Waals surface area contributed by atoms with Crippen molar-refractivity contribution in [3.05, 3.63) is 22.2 Å². The zero-order chi connectivity index (χ0) is 15.8. The maximum Gasteiger partial charge on any atom is 0.265 e. The standard InChI is InChI=1S/C13H15BrClNO4S/c1-13(3-4-13)7-16-12(17)8-5-9(14)11(20-2)10(6-8)21(15,18)19/h5-6H,3-4,7H2,1-2H3,(H,16,17). The predicted molar refractivity (Wildman–Crippen MR) is 83.4 cm³/mol. The molecule has 0 saturated heterocycles. The van der Waals surface area contributed by atoms with Gasteiger partial charge in [0.25, 0.3) is 15.0 Å². The summed E-state index contributed by atoms with van der Waals surface area (Å²) < 4.78 is 28.6. The smallest absolute Gasteiger partial charge is 0.265 e. The summed E-state index contributed by atoms with van der Waals surface area (Å²) in [7, 11) is 2.71. The maximum absolute atomic E-state index is 12.1. The highest BCUT2D eigenvalue weighted by Gasteiger charge is 2.37. The van der Waals surface area contributed by atoms with E-state index in [0.29, 0.717) is 11.0 Å². The van der Waals surface area contributed by atoms with Gasteiger partial charge in [0.1, 0.15) is 4.90 Å². The normalized spacial score (nSPS) is 16.4. The van der Waals surface area contributed by atoms with Crippen LogP contribution in [0.15, 0.2) is 21.5 Å². The first-order chi connectivity index (χ1) is 9.66. The fourth-order valence-electron chi connectivity index (χ4n) is 1.86. The number of benzene rings is 1. The number of halogens is 2. The van der Waals surface area contributed by atoms with Crippen LogP contribution >= 0.6 is 26.6 Å². The first kappa shape index (κ1) is 16.6. The molecule has 8 heteroatoms. The zero-order valence-corrected chi connectivity index (χ0v) is 14.7. The zero-order valence-electron chi connectivity index (χ0n) is 11.6. The SMILES string of the molecule is COc1c(Br)cc(C(=O)NCC2(C)CC2)cc1S(=O)(=O)Cl. The molecule has 21 heavy (non-hydrogen) atoms. The van der Waals surface area contributed by atoms with E-state index in [4.69, 9.17) is 15.4 Å². The van der Waals surface area contributed by atoms with Gasteiger partial charge in [-0.1, -0.05) is 6.92 Å². The van der Waals surface area contributed by atoms with Crippen LogP contribution in [-0.4, -0.2) is 28.0 Å². The van der Waals surface area contributed by atoms with Gasteiger partial charge in [0, 0.05) is 22.8 Å². The van der Waals surface area contributed by atoms with E-state index in [1.165, 1.54) is 19.2 Å². The van der Waals surface area contributed by atoms with Crippen LogP contribution in [0.1, 0.15) is 30.1 Å². The topological polar surface area (TPSA) is 72.5 Å². The number of carbonyl (C=O) groups excluding carboxylic acids is 1. The van der Waals surface area contributed by atoms with Crippen LogP contribution in [0.4, 0.5) is 0 Å². The molecule has 0 aliphatic heterocycles. The highest BCUT2D eigenvalue weighted by Crippen LogP contribution is 2.44. The molecular weight excluding hydrogens is 382 g/mol. The number of rotatable bonds is 5. The van der Waals surface area contributed by atoms with E-state index in [-0.39, 0.29) is 27.5 Å². The number of amides is 1. The van der Waals surface area contributed by atoms with Crippen molar-refractivity contribution in [1.29, 1.82) is 0 Å². The molecule has 0 aromatic heterocycles. The molecule has 0 unspecified atom stereocenters. The van der Waals surface area contributed by atoms with Crippen LogP contribution in [0.5, 0.6) is 5.75 Å². The number of methoxy groups -OCH3 is 1. The summed E-state index contributed by atoms with van der Waals surface area (Å²) in [6.45, 7) is 2.66. The fraction of sp³-hybridized carbons (Fsp3) is 0.462. The Morgan fingerprint density at radius 3 is 2.57 bits per heavy atom. The summed E-state index contributed by atoms with van der Waals surface area (Å²) in [6.07, 6.45) is 2.17. The van der Waals surface area contributed by atoms with Crippen molar-refractivity contribution in [2.75, 3.05) is 13.7 Å². The second-order valence-corrected chi connectivity index (χ2v) is 8.81. The summed E-state index contributed by atoms with van der Waals surface area (Å²) in [4.78, 5) is 11.9. The summed E-state index contributed by atoms with van der Waals surface area (Å²) in [5, 5.41) is 2.81. The fourth-order valence-corrected chi connectivity index (χ4v) is 3.64. The highest BCUT2D eigenvalue weighted by molar-refractivity contribution is 9.10. The molecule has 1 aromatic carbocycles. The van der Waals surface area contributed by atoms with Gasteiger partial charge in [-0.05, 0) is 46.3 Å². The third-order valence-corrected chi connectivity index (χ3v) is 5.43. The largest absolute Gasteiger partial charge is 0.494 e. The second-order valence-electron chi connectivity index (χ2n) is 5.42. The number of nitrogens with one attached hydrogen (secondary N) is 1. The first-order valence-electron chi connectivity index (χ1n) is 6.27. The minimum absolute atomic E-state index is 0.0794. The van der Waals surface area contributed by atoms with Gasteiger partial charge >= 0.3 is 0 Å². The summed E-state index contributed by atoms with van der Waals surface area (Å²) in [5.74, 6) is -0.260. The Balaban J connectivity index is 2.32. The van der Waals surface area contributed by atoms with E-state index in [2.05, 4.69) is 28.2 Å². The lowest BCUT2D eigenvalue weighted by molar-refractivity contribution is 0.0946. The lowest BCUT2D eigenvalue weighted by Gasteiger charge is -2.13. The van der Waals surface area contributed by atoms with E-state index in [9.17, 15) is 13.2 Å². The Morgan fingerprint density at radius 1 is 1.48 bits per heavy atom. The molecule has 1 aromatic rings. The van der Waals surface area contributed by atoms with Crippen LogP contribution in [0.25, 0.3) is 0 Å². The molecule has 1 amide bonds. The van der Waals surface area contributed by atoms with Crippen molar-refractivity contribution in [2.45, 2.75) is 24.7 Å². The van der Waals surface area contributed by atoms with E-state index in [1.54, 1.807) is 0 Å². The van der Waals surface area contributed by atoms with Gasteiger partial charge in [0.2, 0.25) is 0 Å². The Kier molecular flexibility index (Phi) is 4.56. The average molecular weight is 397 g/mol. The second kappa shape index (κ2) is 5.78. The molecule has 5 nitrogen and oxygen atoms in total. The first-order valence-corrected chi connectivity index (χ1v) is 9.37. The number of carbonyl (C=O) groups is 1. The van der Waals surface area contributed by atoms with Gasteiger partial charge < -0.3 is 10.1 Å². The van der Waals surface area contributed by atoms with Crippen LogP contribution in [0.2, 0.25) is 0 Å². The third kappa shape index (κ3) is 3.90. The van der Waals surface area contributed by atoms with Crippen molar-refractivity contribution in [3.8, 4) is 5.75 Å². The lowest BCUT2D eigenvalue weighted by atomic mass is 10.1. The lowest BCUT2D eigenvalue weighted by Crippen LogP contribution is -2.29. The van der Waals surface area contributed by atoms with Gasteiger partial charge in [-0.25, -0.2) is 8.42 Å². The van der Waals surface area contributed by atoms with Gasteiger partial charge in [-0.3, -0.25) is 4.79 Å². The van der Waals surface area contributed by atoms with E-state index >= 15 is 0 Å². The quantitative estimate of drug-likeness (QED) is 0.777. The highest BCUT2D eigenvalue weighted by atomic mass is 79.9. The summed E-state index contributed by atoms with van der Waals surface area (Å²) >= 11 is 3.19. The van der Waals surface area contributed by atoms with Crippen molar-refractivity contribution in [1.82, 2.24) is 5.32 Å². The van der Waals surface area contributed by atoms with Crippen molar-refractivity contribution >= 4 is 41.6 Å². The van der Waals surface area contributed by atoms with E-state index in [1.807, 2.05) is 0 Å². The van der Waals surface area contributed by atoms with Crippen molar-refractivity contribution < 1.29 is 17.9 Å². The Bertz CT molecular complexity index is 686. The monoisotopic (exact) mass is 395 g/mol. The predicted octanol–water partition coefficient (Wildman–Crippen LogP) is 2.92. The molecule has 1 aliphatic rings. The van der Waals surface area contributed by atoms with Gasteiger partial charge in [0.15, 0.2) is 5.75 Å². The van der Waals surface area contributed by atoms with Crippen LogP contribution < -0.4 is 10.1 Å². The van der Waals surface area contributed by atoms with Crippen molar-refractivity contribution in [3.63, 3.8) is 0 Å². The molecule has 0 atom stereocenters. The molecule has 1 N–H and O–H groups in total. The molecule has 1 saturated carbocycles. The third-order valence-electron chi connectivity index (χ3n) is 3.52. The number of hydrogen-bond donors (Lipinski definition) is 1. The maximum atomic E-state index is 12.1. The molecule has 0 radical (unpaired) electrons. The minimum Gasteiger partial charge on any atom is -0.494 e. The Labute approximate surface area is 136 Å². The Morgan fingerprint density at radius 2 is 2.10 bits per heavy atom. The molecule has 2 rings (SSSR count). The van der Waals surface area contributed by atoms with Gasteiger partial charge in [0.05, 0.1) is 11.6 Å². The average Bonchev–Trinajstić information content (AvgIpc) is 3.12. The number of ether oxygens (including phenoxy) is 1.